The van der Waals surface area contributed by atoms with Crippen LogP contribution < -0.4 is 10.0 Å². The van der Waals surface area contributed by atoms with Crippen LogP contribution in [0.25, 0.3) is 11.0 Å². The van der Waals surface area contributed by atoms with Gasteiger partial charge in [-0.05, 0) is 54.1 Å². The maximum absolute atomic E-state index is 13.2. The zero-order valence-corrected chi connectivity index (χ0v) is 16.3. The highest BCUT2D eigenvalue weighted by atomic mass is 32.2. The van der Waals surface area contributed by atoms with Gasteiger partial charge in [0.15, 0.2) is 11.6 Å². The molecule has 0 aliphatic rings. The summed E-state index contributed by atoms with van der Waals surface area (Å²) in [5.74, 6) is -0.679. The van der Waals surface area contributed by atoms with E-state index in [0.717, 1.165) is 29.8 Å². The number of nitrogens with zero attached hydrogens (tertiary/aromatic N) is 2. The first kappa shape index (κ1) is 19.7. The number of aromatic nitrogens is 2. The van der Waals surface area contributed by atoms with Crippen molar-refractivity contribution in [3.63, 3.8) is 0 Å². The molecule has 0 radical (unpaired) electrons. The summed E-state index contributed by atoms with van der Waals surface area (Å²) in [6.07, 6.45) is 0. The molecule has 0 amide bonds. The summed E-state index contributed by atoms with van der Waals surface area (Å²) in [7, 11) is -4.02. The molecule has 1 aromatic heterocycles. The summed E-state index contributed by atoms with van der Waals surface area (Å²) in [6, 6.07) is 17.4. The summed E-state index contributed by atoms with van der Waals surface area (Å²) in [6.45, 7) is 0.276. The van der Waals surface area contributed by atoms with Crippen LogP contribution in [0.15, 0.2) is 77.7 Å². The molecule has 0 atom stereocenters. The summed E-state index contributed by atoms with van der Waals surface area (Å²) < 4.78 is 54.2. The van der Waals surface area contributed by atoms with Crippen LogP contribution in [0, 0.1) is 11.6 Å². The van der Waals surface area contributed by atoms with E-state index < -0.39 is 15.8 Å². The molecule has 2 N–H and O–H groups in total. The number of anilines is 2. The minimum absolute atomic E-state index is 0.000127. The summed E-state index contributed by atoms with van der Waals surface area (Å²) >= 11 is 0. The smallest absolute Gasteiger partial charge is 0.263 e. The van der Waals surface area contributed by atoms with Gasteiger partial charge >= 0.3 is 0 Å². The van der Waals surface area contributed by atoms with Gasteiger partial charge in [0.25, 0.3) is 10.0 Å². The molecule has 4 rings (SSSR count). The van der Waals surface area contributed by atoms with E-state index in [9.17, 15) is 17.2 Å². The first-order valence-electron chi connectivity index (χ1n) is 8.94. The van der Waals surface area contributed by atoms with Gasteiger partial charge in [-0.3, -0.25) is 4.72 Å². The molecule has 0 spiro atoms. The van der Waals surface area contributed by atoms with Crippen LogP contribution >= 0.6 is 0 Å². The van der Waals surface area contributed by atoms with Crippen LogP contribution in [0.5, 0.6) is 0 Å². The number of para-hydroxylation sites is 2. The quantitative estimate of drug-likeness (QED) is 0.480. The number of fused-ring (bicyclic) bond motifs is 1. The van der Waals surface area contributed by atoms with Gasteiger partial charge in [-0.15, -0.1) is 0 Å². The molecule has 1 heterocycles. The highest BCUT2D eigenvalue weighted by Gasteiger charge is 2.19. The SMILES string of the molecule is O=S(=O)(Nc1nc2ccccc2nc1NCc1ccc(F)cc1)c1ccc(F)cc1. The third-order valence-electron chi connectivity index (χ3n) is 4.30. The maximum Gasteiger partial charge on any atom is 0.263 e. The Hall–Kier alpha value is -3.59. The van der Waals surface area contributed by atoms with Crippen molar-refractivity contribution >= 4 is 32.7 Å². The Morgan fingerprint density at radius 1 is 0.733 bits per heavy atom. The molecule has 0 saturated heterocycles. The average Bonchev–Trinajstić information content (AvgIpc) is 2.73. The largest absolute Gasteiger partial charge is 0.363 e. The van der Waals surface area contributed by atoms with Crippen molar-refractivity contribution in [3.8, 4) is 0 Å². The second-order valence-electron chi connectivity index (χ2n) is 6.45. The Morgan fingerprint density at radius 2 is 1.27 bits per heavy atom. The second-order valence-corrected chi connectivity index (χ2v) is 8.13. The van der Waals surface area contributed by atoms with Crippen molar-refractivity contribution in [2.24, 2.45) is 0 Å². The molecule has 9 heteroatoms. The molecule has 0 aliphatic carbocycles. The van der Waals surface area contributed by atoms with E-state index in [1.165, 1.54) is 12.1 Å². The lowest BCUT2D eigenvalue weighted by atomic mass is 10.2. The number of hydrogen-bond donors (Lipinski definition) is 2. The van der Waals surface area contributed by atoms with E-state index in [1.54, 1.807) is 36.4 Å². The zero-order valence-electron chi connectivity index (χ0n) is 15.5. The fourth-order valence-corrected chi connectivity index (χ4v) is 3.79. The van der Waals surface area contributed by atoms with Gasteiger partial charge < -0.3 is 5.32 Å². The van der Waals surface area contributed by atoms with Crippen molar-refractivity contribution in [2.45, 2.75) is 11.4 Å². The van der Waals surface area contributed by atoms with Crippen LogP contribution in [0.1, 0.15) is 5.56 Å². The number of rotatable bonds is 6. The number of sulfonamides is 1. The third kappa shape index (κ3) is 4.36. The molecule has 0 saturated carbocycles. The average molecular weight is 426 g/mol. The van der Waals surface area contributed by atoms with Gasteiger partial charge in [0.2, 0.25) is 0 Å². The Balaban J connectivity index is 1.68. The zero-order chi connectivity index (χ0) is 21.1. The van der Waals surface area contributed by atoms with Crippen LogP contribution in [0.2, 0.25) is 0 Å². The van der Waals surface area contributed by atoms with Crippen LogP contribution in [0.3, 0.4) is 0 Å². The van der Waals surface area contributed by atoms with Crippen LogP contribution in [-0.2, 0) is 16.6 Å². The summed E-state index contributed by atoms with van der Waals surface area (Å²) in [5, 5.41) is 3.04. The first-order chi connectivity index (χ1) is 14.4. The lowest BCUT2D eigenvalue weighted by Gasteiger charge is -2.14. The minimum atomic E-state index is -4.02. The van der Waals surface area contributed by atoms with Crippen LogP contribution in [-0.4, -0.2) is 18.4 Å². The Labute approximate surface area is 171 Å². The van der Waals surface area contributed by atoms with Gasteiger partial charge in [-0.25, -0.2) is 27.2 Å². The lowest BCUT2D eigenvalue weighted by molar-refractivity contribution is 0.599. The fourth-order valence-electron chi connectivity index (χ4n) is 2.78. The van der Waals surface area contributed by atoms with E-state index in [-0.39, 0.29) is 28.9 Å². The Bertz CT molecular complexity index is 1300. The summed E-state index contributed by atoms with van der Waals surface area (Å²) in [4.78, 5) is 8.74. The van der Waals surface area contributed by atoms with E-state index in [1.807, 2.05) is 0 Å². The number of benzene rings is 3. The molecule has 4 aromatic rings. The predicted octanol–water partition coefficient (Wildman–Crippen LogP) is 4.32. The molecule has 0 unspecified atom stereocenters. The molecule has 0 aliphatic heterocycles. The van der Waals surface area contributed by atoms with Gasteiger partial charge in [0.1, 0.15) is 11.6 Å². The fraction of sp³-hybridized carbons (Fsp3) is 0.0476. The maximum atomic E-state index is 13.2. The molecular weight excluding hydrogens is 410 g/mol. The summed E-state index contributed by atoms with van der Waals surface area (Å²) in [5.41, 5.74) is 1.85. The van der Waals surface area contributed by atoms with E-state index in [4.69, 9.17) is 0 Å². The highest BCUT2D eigenvalue weighted by Crippen LogP contribution is 2.25. The molecule has 152 valence electrons. The Morgan fingerprint density at radius 3 is 1.87 bits per heavy atom. The van der Waals surface area contributed by atoms with E-state index in [0.29, 0.717) is 11.0 Å². The number of nitrogens with one attached hydrogen (secondary N) is 2. The molecule has 0 fully saturated rings. The minimum Gasteiger partial charge on any atom is -0.363 e. The van der Waals surface area contributed by atoms with Crippen molar-refractivity contribution in [1.29, 1.82) is 0 Å². The van der Waals surface area contributed by atoms with Crippen molar-refractivity contribution < 1.29 is 17.2 Å². The molecule has 3 aromatic carbocycles. The standard InChI is InChI=1S/C21H16F2N4O2S/c22-15-7-5-14(6-8-15)13-24-20-21(26-19-4-2-1-3-18(19)25-20)27-30(28,29)17-11-9-16(23)10-12-17/h1-12H,13H2,(H,24,25)(H,26,27). The first-order valence-corrected chi connectivity index (χ1v) is 10.4. The monoisotopic (exact) mass is 426 g/mol. The van der Waals surface area contributed by atoms with Crippen molar-refractivity contribution in [3.05, 3.63) is 90.0 Å². The Kier molecular flexibility index (Phi) is 5.28. The van der Waals surface area contributed by atoms with Crippen LogP contribution in [0.4, 0.5) is 20.4 Å². The normalized spacial score (nSPS) is 11.4. The number of hydrogen-bond acceptors (Lipinski definition) is 5. The second kappa shape index (κ2) is 8.03. The predicted molar refractivity (Wildman–Crippen MR) is 110 cm³/mol. The van der Waals surface area contributed by atoms with Crippen molar-refractivity contribution in [1.82, 2.24) is 9.97 Å². The van der Waals surface area contributed by atoms with Gasteiger partial charge in [0, 0.05) is 6.54 Å². The topological polar surface area (TPSA) is 84.0 Å². The van der Waals surface area contributed by atoms with E-state index >= 15 is 0 Å². The van der Waals surface area contributed by atoms with Gasteiger partial charge in [-0.2, -0.15) is 0 Å². The number of halogens is 2. The van der Waals surface area contributed by atoms with Gasteiger partial charge in [0.05, 0.1) is 15.9 Å². The molecule has 0 bridgehead atoms. The molecule has 6 nitrogen and oxygen atoms in total. The highest BCUT2D eigenvalue weighted by molar-refractivity contribution is 7.92. The van der Waals surface area contributed by atoms with Crippen molar-refractivity contribution in [2.75, 3.05) is 10.0 Å². The lowest BCUT2D eigenvalue weighted by Crippen LogP contribution is -2.16. The van der Waals surface area contributed by atoms with Gasteiger partial charge in [-0.1, -0.05) is 24.3 Å². The molecule has 30 heavy (non-hydrogen) atoms. The molecular formula is C21H16F2N4O2S. The third-order valence-corrected chi connectivity index (χ3v) is 5.65. The van der Waals surface area contributed by atoms with E-state index in [2.05, 4.69) is 20.0 Å².